The molecule has 26 heavy (non-hydrogen) atoms. The molecule has 1 saturated carbocycles. The molecule has 4 aliphatic rings. The fraction of sp³-hybridized carbons (Fsp3) is 0.588. The molecule has 3 saturated heterocycles. The smallest absolute Gasteiger partial charge is 0.362 e. The third-order valence-corrected chi connectivity index (χ3v) is 6.46. The number of piperidine rings is 3. The highest BCUT2D eigenvalue weighted by molar-refractivity contribution is 6.32. The van der Waals surface area contributed by atoms with Crippen molar-refractivity contribution in [3.05, 3.63) is 22.7 Å². The first-order valence-corrected chi connectivity index (χ1v) is 8.95. The van der Waals surface area contributed by atoms with Gasteiger partial charge in [-0.05, 0) is 56.8 Å². The highest BCUT2D eigenvalue weighted by Crippen LogP contribution is 2.55. The van der Waals surface area contributed by atoms with Crippen LogP contribution in [0, 0.1) is 5.92 Å². The van der Waals surface area contributed by atoms with E-state index in [9.17, 15) is 13.2 Å². The molecule has 3 aliphatic heterocycles. The number of alkyl halides is 3. The Balaban J connectivity index is 0.00000168. The van der Waals surface area contributed by atoms with Gasteiger partial charge in [-0.25, -0.2) is 0 Å². The molecule has 1 N–H and O–H groups in total. The molecule has 9 heteroatoms. The zero-order valence-electron chi connectivity index (χ0n) is 13.8. The van der Waals surface area contributed by atoms with Crippen LogP contribution in [0.1, 0.15) is 31.2 Å². The van der Waals surface area contributed by atoms with Crippen LogP contribution in [0.25, 0.3) is 11.0 Å². The van der Waals surface area contributed by atoms with Crippen LogP contribution < -0.4 is 5.32 Å². The number of halogens is 5. The molecular weight excluding hydrogens is 390 g/mol. The second kappa shape index (κ2) is 5.91. The lowest BCUT2D eigenvalue weighted by molar-refractivity contribution is -0.136. The van der Waals surface area contributed by atoms with Gasteiger partial charge in [0.2, 0.25) is 0 Å². The quantitative estimate of drug-likeness (QED) is 0.763. The number of hydrogen-bond acceptors (Lipinski definition) is 4. The Morgan fingerprint density at radius 2 is 1.92 bits per heavy atom. The lowest BCUT2D eigenvalue weighted by atomic mass is 9.77. The van der Waals surface area contributed by atoms with Crippen LogP contribution in [0.4, 0.5) is 19.0 Å². The van der Waals surface area contributed by atoms with Crippen molar-refractivity contribution in [1.82, 2.24) is 10.1 Å². The zero-order chi connectivity index (χ0) is 17.4. The molecule has 2 aromatic rings. The molecule has 0 unspecified atom stereocenters. The van der Waals surface area contributed by atoms with Gasteiger partial charge in [0.05, 0.1) is 10.4 Å². The summed E-state index contributed by atoms with van der Waals surface area (Å²) in [5.74, 6) is 0.927. The SMILES string of the molecule is Cl.FC(F)(F)c1c(Cl)ccc2c(N[C@@H]3C4CCN(CC4)C34CC4)noc12. The van der Waals surface area contributed by atoms with Crippen molar-refractivity contribution >= 4 is 40.8 Å². The number of nitrogens with one attached hydrogen (secondary N) is 1. The molecule has 4 nitrogen and oxygen atoms in total. The van der Waals surface area contributed by atoms with Crippen molar-refractivity contribution in [1.29, 1.82) is 0 Å². The fourth-order valence-corrected chi connectivity index (χ4v) is 5.07. The van der Waals surface area contributed by atoms with Gasteiger partial charge in [-0.2, -0.15) is 13.2 Å². The van der Waals surface area contributed by atoms with Crippen LogP contribution in [0.5, 0.6) is 0 Å². The highest BCUT2D eigenvalue weighted by Gasteiger charge is 2.60. The average Bonchev–Trinajstić information content (AvgIpc) is 3.24. The summed E-state index contributed by atoms with van der Waals surface area (Å²) in [5, 5.41) is 7.31. The van der Waals surface area contributed by atoms with Crippen LogP contribution in [0.15, 0.2) is 16.7 Å². The predicted octanol–water partition coefficient (Wildman–Crippen LogP) is 4.96. The minimum absolute atomic E-state index is 0. The van der Waals surface area contributed by atoms with E-state index >= 15 is 0 Å². The molecule has 1 spiro atoms. The van der Waals surface area contributed by atoms with Gasteiger partial charge >= 0.3 is 6.18 Å². The highest BCUT2D eigenvalue weighted by atomic mass is 35.5. The summed E-state index contributed by atoms with van der Waals surface area (Å²) in [6, 6.07) is 3.03. The van der Waals surface area contributed by atoms with E-state index in [1.165, 1.54) is 6.07 Å². The van der Waals surface area contributed by atoms with Crippen molar-refractivity contribution in [3.8, 4) is 0 Å². The second-order valence-electron chi connectivity index (χ2n) is 7.38. The first kappa shape index (κ1) is 18.2. The van der Waals surface area contributed by atoms with Crippen molar-refractivity contribution in [3.63, 3.8) is 0 Å². The Morgan fingerprint density at radius 1 is 1.23 bits per heavy atom. The minimum atomic E-state index is -4.58. The van der Waals surface area contributed by atoms with E-state index in [1.54, 1.807) is 6.07 Å². The maximum absolute atomic E-state index is 13.3. The second-order valence-corrected chi connectivity index (χ2v) is 7.79. The van der Waals surface area contributed by atoms with Crippen LogP contribution in [-0.2, 0) is 6.18 Å². The fourth-order valence-electron chi connectivity index (χ4n) is 4.82. The summed E-state index contributed by atoms with van der Waals surface area (Å²) in [6.07, 6.45) is -0.0719. The van der Waals surface area contributed by atoms with Gasteiger partial charge in [0.25, 0.3) is 0 Å². The molecule has 1 aromatic carbocycles. The summed E-state index contributed by atoms with van der Waals surface area (Å²) >= 11 is 5.76. The van der Waals surface area contributed by atoms with E-state index in [4.69, 9.17) is 16.1 Å². The summed E-state index contributed by atoms with van der Waals surface area (Å²) in [5.41, 5.74) is -1.10. The lowest BCUT2D eigenvalue weighted by Crippen LogP contribution is -2.62. The number of aromatic nitrogens is 1. The van der Waals surface area contributed by atoms with E-state index in [1.807, 2.05) is 0 Å². The summed E-state index contributed by atoms with van der Waals surface area (Å²) in [7, 11) is 0. The summed E-state index contributed by atoms with van der Waals surface area (Å²) in [6.45, 7) is 2.24. The van der Waals surface area contributed by atoms with E-state index in [-0.39, 0.29) is 34.6 Å². The zero-order valence-corrected chi connectivity index (χ0v) is 15.3. The van der Waals surface area contributed by atoms with Crippen molar-refractivity contribution in [2.24, 2.45) is 5.92 Å². The number of nitrogens with zero attached hydrogens (tertiary/aromatic N) is 2. The number of benzene rings is 1. The number of fused-ring (bicyclic) bond motifs is 3. The first-order valence-electron chi connectivity index (χ1n) is 8.57. The normalized spacial score (nSPS) is 29.0. The molecule has 1 atom stereocenters. The molecular formula is C17H18Cl2F3N3O. The van der Waals surface area contributed by atoms with Gasteiger partial charge in [0.15, 0.2) is 11.4 Å². The maximum atomic E-state index is 13.3. The van der Waals surface area contributed by atoms with Crippen LogP contribution >= 0.6 is 24.0 Å². The van der Waals surface area contributed by atoms with Crippen molar-refractivity contribution in [2.45, 2.75) is 43.4 Å². The minimum Gasteiger partial charge on any atom is -0.362 e. The number of rotatable bonds is 2. The maximum Gasteiger partial charge on any atom is 0.421 e. The van der Waals surface area contributed by atoms with Crippen molar-refractivity contribution < 1.29 is 17.7 Å². The van der Waals surface area contributed by atoms with Gasteiger partial charge < -0.3 is 9.84 Å². The molecule has 1 aliphatic carbocycles. The third-order valence-electron chi connectivity index (χ3n) is 6.15. The Kier molecular flexibility index (Phi) is 4.13. The Morgan fingerprint density at radius 3 is 2.54 bits per heavy atom. The molecule has 2 bridgehead atoms. The molecule has 4 heterocycles. The Hall–Kier alpha value is -1.18. The lowest BCUT2D eigenvalue weighted by Gasteiger charge is -2.52. The monoisotopic (exact) mass is 407 g/mol. The van der Waals surface area contributed by atoms with Gasteiger partial charge in [0, 0.05) is 11.6 Å². The Labute approximate surface area is 159 Å². The number of hydrogen-bond donors (Lipinski definition) is 1. The first-order chi connectivity index (χ1) is 11.9. The van der Waals surface area contributed by atoms with E-state index in [0.29, 0.717) is 17.1 Å². The molecule has 0 radical (unpaired) electrons. The molecule has 1 aromatic heterocycles. The van der Waals surface area contributed by atoms with Crippen LogP contribution in [0.3, 0.4) is 0 Å². The molecule has 4 fully saturated rings. The molecule has 142 valence electrons. The third kappa shape index (κ3) is 2.51. The summed E-state index contributed by atoms with van der Waals surface area (Å²) < 4.78 is 45.0. The van der Waals surface area contributed by atoms with Crippen molar-refractivity contribution in [2.75, 3.05) is 18.4 Å². The van der Waals surface area contributed by atoms with E-state index in [0.717, 1.165) is 38.8 Å². The van der Waals surface area contributed by atoms with Gasteiger partial charge in [-0.3, -0.25) is 4.90 Å². The largest absolute Gasteiger partial charge is 0.421 e. The summed E-state index contributed by atoms with van der Waals surface area (Å²) in [4.78, 5) is 2.53. The van der Waals surface area contributed by atoms with E-state index < -0.39 is 11.7 Å². The van der Waals surface area contributed by atoms with Crippen LogP contribution in [0.2, 0.25) is 5.02 Å². The number of anilines is 1. The molecule has 0 amide bonds. The predicted molar refractivity (Wildman–Crippen MR) is 94.9 cm³/mol. The topological polar surface area (TPSA) is 41.3 Å². The molecule has 6 rings (SSSR count). The van der Waals surface area contributed by atoms with E-state index in [2.05, 4.69) is 15.4 Å². The van der Waals surface area contributed by atoms with Crippen LogP contribution in [-0.4, -0.2) is 34.7 Å². The van der Waals surface area contributed by atoms with Gasteiger partial charge in [-0.15, -0.1) is 12.4 Å². The standard InChI is InChI=1S/C17H17ClF3N3O.ClH/c18-11-2-1-10-13(12(11)17(19,20)21)25-23-15(10)22-14-9-3-7-24(8-4-9)16(14)5-6-16;/h1-2,9,14H,3-8H2,(H,22,23);1H/t14-;/m1./s1. The van der Waals surface area contributed by atoms with Gasteiger partial charge in [0.1, 0.15) is 5.56 Å². The average molecular weight is 408 g/mol. The Bertz CT molecular complexity index is 842. The van der Waals surface area contributed by atoms with Gasteiger partial charge in [-0.1, -0.05) is 16.8 Å².